The van der Waals surface area contributed by atoms with Crippen LogP contribution in [0.5, 0.6) is 0 Å². The van der Waals surface area contributed by atoms with Crippen molar-refractivity contribution in [3.63, 3.8) is 0 Å². The zero-order valence-electron chi connectivity index (χ0n) is 9.67. The highest BCUT2D eigenvalue weighted by atomic mass is 79.9. The topological polar surface area (TPSA) is 47.3 Å². The van der Waals surface area contributed by atoms with E-state index in [1.807, 2.05) is 0 Å². The molecule has 1 saturated heterocycles. The molecule has 94 valence electrons. The molecule has 0 bridgehead atoms. The number of ether oxygens (including phenoxy) is 1. The first-order valence-electron chi connectivity index (χ1n) is 5.69. The van der Waals surface area contributed by atoms with Gasteiger partial charge in [-0.3, -0.25) is 0 Å². The third-order valence-corrected chi connectivity index (χ3v) is 3.54. The Morgan fingerprint density at radius 3 is 3.00 bits per heavy atom. The number of nitrogens with one attached hydrogen (secondary N) is 1. The van der Waals surface area contributed by atoms with E-state index in [-0.39, 0.29) is 11.9 Å². The lowest BCUT2D eigenvalue weighted by Crippen LogP contribution is -2.32. The van der Waals surface area contributed by atoms with Crippen molar-refractivity contribution in [2.45, 2.75) is 31.9 Å². The van der Waals surface area contributed by atoms with Gasteiger partial charge >= 0.3 is 0 Å². The molecule has 17 heavy (non-hydrogen) atoms. The van der Waals surface area contributed by atoms with E-state index in [1.165, 1.54) is 6.07 Å². The van der Waals surface area contributed by atoms with Crippen LogP contribution in [0.25, 0.3) is 0 Å². The molecule has 1 aliphatic rings. The van der Waals surface area contributed by atoms with Crippen molar-refractivity contribution in [2.75, 3.05) is 17.7 Å². The van der Waals surface area contributed by atoms with Gasteiger partial charge in [0, 0.05) is 18.7 Å². The maximum Gasteiger partial charge on any atom is 0.139 e. The Balaban J connectivity index is 2.10. The number of rotatable bonds is 2. The summed E-state index contributed by atoms with van der Waals surface area (Å²) in [4.78, 5) is 0. The molecule has 2 rings (SSSR count). The van der Waals surface area contributed by atoms with Crippen molar-refractivity contribution < 1.29 is 9.13 Å². The third kappa shape index (κ3) is 3.10. The summed E-state index contributed by atoms with van der Waals surface area (Å²) in [5.41, 5.74) is 7.00. The maximum atomic E-state index is 13.2. The van der Waals surface area contributed by atoms with Crippen LogP contribution in [0.15, 0.2) is 16.6 Å². The smallest absolute Gasteiger partial charge is 0.139 e. The fraction of sp³-hybridized carbons (Fsp3) is 0.500. The Hall–Kier alpha value is -0.810. The molecule has 0 aromatic heterocycles. The molecular weight excluding hydrogens is 287 g/mol. The largest absolute Gasteiger partial charge is 0.397 e. The van der Waals surface area contributed by atoms with Crippen LogP contribution in [-0.4, -0.2) is 18.8 Å². The Morgan fingerprint density at radius 1 is 1.53 bits per heavy atom. The van der Waals surface area contributed by atoms with Gasteiger partial charge in [-0.05, 0) is 41.8 Å². The van der Waals surface area contributed by atoms with Crippen LogP contribution in [0.3, 0.4) is 0 Å². The second kappa shape index (κ2) is 5.23. The standard InChI is InChI=1S/C12H16BrFN2O/c1-7-4-8(2-3-17-7)16-12-5-9(13)10(14)6-11(12)15/h5-8,16H,2-4,15H2,1H3. The SMILES string of the molecule is CC1CC(Nc2cc(Br)c(F)cc2N)CCO1. The Labute approximate surface area is 109 Å². The highest BCUT2D eigenvalue weighted by Crippen LogP contribution is 2.28. The molecule has 0 spiro atoms. The quantitative estimate of drug-likeness (QED) is 0.825. The van der Waals surface area contributed by atoms with Crippen molar-refractivity contribution in [2.24, 2.45) is 0 Å². The lowest BCUT2D eigenvalue weighted by molar-refractivity contribution is 0.0232. The molecule has 1 aromatic carbocycles. The Bertz CT molecular complexity index is 414. The van der Waals surface area contributed by atoms with Gasteiger partial charge < -0.3 is 15.8 Å². The monoisotopic (exact) mass is 302 g/mol. The van der Waals surface area contributed by atoms with Gasteiger partial charge in [-0.15, -0.1) is 0 Å². The van der Waals surface area contributed by atoms with Crippen molar-refractivity contribution in [3.05, 3.63) is 22.4 Å². The fourth-order valence-electron chi connectivity index (χ4n) is 2.04. The first kappa shape index (κ1) is 12.6. The molecule has 0 amide bonds. The van der Waals surface area contributed by atoms with Gasteiger partial charge in [0.15, 0.2) is 0 Å². The summed E-state index contributed by atoms with van der Waals surface area (Å²) in [6.45, 7) is 2.80. The predicted molar refractivity (Wildman–Crippen MR) is 70.6 cm³/mol. The zero-order chi connectivity index (χ0) is 12.4. The van der Waals surface area contributed by atoms with E-state index in [1.54, 1.807) is 6.07 Å². The summed E-state index contributed by atoms with van der Waals surface area (Å²) >= 11 is 3.16. The van der Waals surface area contributed by atoms with Crippen molar-refractivity contribution >= 4 is 27.3 Å². The van der Waals surface area contributed by atoms with Crippen LogP contribution < -0.4 is 11.1 Å². The van der Waals surface area contributed by atoms with Crippen LogP contribution in [0, 0.1) is 5.82 Å². The highest BCUT2D eigenvalue weighted by molar-refractivity contribution is 9.10. The summed E-state index contributed by atoms with van der Waals surface area (Å²) in [7, 11) is 0. The summed E-state index contributed by atoms with van der Waals surface area (Å²) < 4.78 is 19.1. The Kier molecular flexibility index (Phi) is 3.89. The second-order valence-electron chi connectivity index (χ2n) is 4.40. The van der Waals surface area contributed by atoms with Crippen molar-refractivity contribution in [1.82, 2.24) is 0 Å². The highest BCUT2D eigenvalue weighted by Gasteiger charge is 2.20. The lowest BCUT2D eigenvalue weighted by Gasteiger charge is -2.29. The van der Waals surface area contributed by atoms with Crippen LogP contribution in [-0.2, 0) is 4.74 Å². The van der Waals surface area contributed by atoms with Crippen LogP contribution >= 0.6 is 15.9 Å². The molecule has 1 heterocycles. The number of benzene rings is 1. The molecule has 2 atom stereocenters. The van der Waals surface area contributed by atoms with E-state index in [0.29, 0.717) is 16.2 Å². The molecule has 5 heteroatoms. The molecule has 3 N–H and O–H groups in total. The van der Waals surface area contributed by atoms with E-state index < -0.39 is 0 Å². The van der Waals surface area contributed by atoms with Gasteiger partial charge in [-0.2, -0.15) is 0 Å². The summed E-state index contributed by atoms with van der Waals surface area (Å²) in [6.07, 6.45) is 2.14. The summed E-state index contributed by atoms with van der Waals surface area (Å²) in [5.74, 6) is -0.339. The minimum absolute atomic E-state index is 0.256. The van der Waals surface area contributed by atoms with Gasteiger partial charge in [-0.1, -0.05) is 0 Å². The van der Waals surface area contributed by atoms with Crippen molar-refractivity contribution in [3.8, 4) is 0 Å². The maximum absolute atomic E-state index is 13.2. The van der Waals surface area contributed by atoms with Crippen LogP contribution in [0.4, 0.5) is 15.8 Å². The first-order chi connectivity index (χ1) is 8.06. The Morgan fingerprint density at radius 2 is 2.29 bits per heavy atom. The van der Waals surface area contributed by atoms with Gasteiger partial charge in [0.1, 0.15) is 5.82 Å². The average molecular weight is 303 g/mol. The normalized spacial score (nSPS) is 24.6. The minimum Gasteiger partial charge on any atom is -0.397 e. The molecule has 1 fully saturated rings. The van der Waals surface area contributed by atoms with Crippen molar-refractivity contribution in [1.29, 1.82) is 0 Å². The van der Waals surface area contributed by atoms with E-state index >= 15 is 0 Å². The summed E-state index contributed by atoms with van der Waals surface area (Å²) in [5, 5.41) is 3.35. The lowest BCUT2D eigenvalue weighted by atomic mass is 10.0. The van der Waals surface area contributed by atoms with E-state index in [0.717, 1.165) is 25.1 Å². The fourth-order valence-corrected chi connectivity index (χ4v) is 2.38. The molecule has 2 unspecified atom stereocenters. The molecule has 0 saturated carbocycles. The minimum atomic E-state index is -0.339. The third-order valence-electron chi connectivity index (χ3n) is 2.94. The number of halogens is 2. The van der Waals surface area contributed by atoms with E-state index in [9.17, 15) is 4.39 Å². The van der Waals surface area contributed by atoms with Gasteiger partial charge in [0.25, 0.3) is 0 Å². The van der Waals surface area contributed by atoms with Gasteiger partial charge in [-0.25, -0.2) is 4.39 Å². The number of nitrogens with two attached hydrogens (primary N) is 1. The molecule has 0 radical (unpaired) electrons. The van der Waals surface area contributed by atoms with Gasteiger partial charge in [0.2, 0.25) is 0 Å². The number of anilines is 2. The zero-order valence-corrected chi connectivity index (χ0v) is 11.3. The predicted octanol–water partition coefficient (Wildman–Crippen LogP) is 3.15. The average Bonchev–Trinajstić information content (AvgIpc) is 2.26. The molecular formula is C12H16BrFN2O. The van der Waals surface area contributed by atoms with Gasteiger partial charge in [0.05, 0.1) is 22.0 Å². The molecule has 1 aliphatic heterocycles. The number of hydrogen-bond donors (Lipinski definition) is 2. The van der Waals surface area contributed by atoms with E-state index in [4.69, 9.17) is 10.5 Å². The van der Waals surface area contributed by atoms with Crippen LogP contribution in [0.2, 0.25) is 0 Å². The second-order valence-corrected chi connectivity index (χ2v) is 5.25. The number of nitrogen functional groups attached to an aromatic ring is 1. The molecule has 1 aromatic rings. The van der Waals surface area contributed by atoms with Crippen LogP contribution in [0.1, 0.15) is 19.8 Å². The summed E-state index contributed by atoms with van der Waals surface area (Å²) in [6, 6.07) is 3.35. The molecule has 0 aliphatic carbocycles. The van der Waals surface area contributed by atoms with E-state index in [2.05, 4.69) is 28.2 Å². The number of hydrogen-bond acceptors (Lipinski definition) is 3. The first-order valence-corrected chi connectivity index (χ1v) is 6.48. The molecule has 3 nitrogen and oxygen atoms in total.